The van der Waals surface area contributed by atoms with Crippen LogP contribution in [0.5, 0.6) is 5.75 Å². The average molecular weight is 227 g/mol. The summed E-state index contributed by atoms with van der Waals surface area (Å²) in [5, 5.41) is 2.12. The highest BCUT2D eigenvalue weighted by atomic mass is 16.5. The van der Waals surface area contributed by atoms with E-state index in [1.54, 1.807) is 0 Å². The molecule has 0 aliphatic heterocycles. The highest BCUT2D eigenvalue weighted by Gasteiger charge is 2.05. The molecule has 2 heteroatoms. The van der Waals surface area contributed by atoms with Crippen LogP contribution in [0.1, 0.15) is 25.3 Å². The zero-order valence-corrected chi connectivity index (χ0v) is 9.90. The molecule has 2 nitrogen and oxygen atoms in total. The number of carbonyl (C=O) groups excluding carboxylic acids is 1. The molecule has 87 valence electrons. The van der Waals surface area contributed by atoms with E-state index in [2.05, 4.69) is 6.92 Å². The van der Waals surface area contributed by atoms with Crippen LogP contribution in [0.4, 0.5) is 0 Å². The van der Waals surface area contributed by atoms with Crippen LogP contribution in [0, 0.1) is 0 Å². The molecule has 0 N–H and O–H groups in total. The van der Waals surface area contributed by atoms with Crippen molar-refractivity contribution in [3.8, 4) is 5.75 Å². The smallest absolute Gasteiger partial charge is 0.237 e. The molecule has 17 heavy (non-hydrogen) atoms. The lowest BCUT2D eigenvalue weighted by Gasteiger charge is -2.09. The zero-order valence-electron chi connectivity index (χ0n) is 9.90. The summed E-state index contributed by atoms with van der Waals surface area (Å²) in [4.78, 5) is 10.9. The van der Waals surface area contributed by atoms with Gasteiger partial charge < -0.3 is 4.74 Å². The van der Waals surface area contributed by atoms with Gasteiger partial charge in [-0.25, -0.2) is 0 Å². The second kappa shape index (κ2) is 5.48. The zero-order chi connectivity index (χ0) is 12.1. The van der Waals surface area contributed by atoms with E-state index >= 15 is 0 Å². The number of fused-ring (bicyclic) bond motifs is 1. The fraction of sp³-hybridized carbons (Fsp3) is 0.267. The van der Waals surface area contributed by atoms with Crippen molar-refractivity contribution in [2.24, 2.45) is 0 Å². The lowest BCUT2D eigenvalue weighted by molar-refractivity contribution is 0.309. The standard InChI is InChI=1S/C15H15O2/c1-2-3-8-17-15-10-13-7-5-4-6-12(13)9-14(15)11-16/h4-7,9-10H,2-3,8H2,1H3. The molecule has 0 fully saturated rings. The Bertz CT molecular complexity index is 517. The number of benzene rings is 2. The Labute approximate surface area is 101 Å². The Kier molecular flexibility index (Phi) is 3.76. The van der Waals surface area contributed by atoms with Crippen LogP contribution >= 0.6 is 0 Å². The molecule has 0 aromatic heterocycles. The van der Waals surface area contributed by atoms with Crippen molar-refractivity contribution in [3.05, 3.63) is 42.0 Å². The van der Waals surface area contributed by atoms with Gasteiger partial charge in [0.15, 0.2) is 0 Å². The molecule has 0 bridgehead atoms. The number of hydrogen-bond acceptors (Lipinski definition) is 2. The van der Waals surface area contributed by atoms with E-state index in [4.69, 9.17) is 4.74 Å². The maximum absolute atomic E-state index is 10.9. The summed E-state index contributed by atoms with van der Waals surface area (Å²) in [6.07, 6.45) is 4.01. The lowest BCUT2D eigenvalue weighted by Crippen LogP contribution is -1.99. The topological polar surface area (TPSA) is 26.3 Å². The van der Waals surface area contributed by atoms with E-state index in [1.807, 2.05) is 42.7 Å². The van der Waals surface area contributed by atoms with Crippen molar-refractivity contribution in [2.45, 2.75) is 19.8 Å². The van der Waals surface area contributed by atoms with Gasteiger partial charge in [-0.2, -0.15) is 0 Å². The van der Waals surface area contributed by atoms with Gasteiger partial charge in [-0.3, -0.25) is 4.79 Å². The van der Waals surface area contributed by atoms with Crippen molar-refractivity contribution in [1.29, 1.82) is 0 Å². The third kappa shape index (κ3) is 2.64. The van der Waals surface area contributed by atoms with Gasteiger partial charge in [0.25, 0.3) is 0 Å². The molecule has 0 amide bonds. The largest absolute Gasteiger partial charge is 0.493 e. The Hall–Kier alpha value is -1.83. The monoisotopic (exact) mass is 227 g/mol. The van der Waals surface area contributed by atoms with Crippen molar-refractivity contribution < 1.29 is 9.53 Å². The molecule has 0 saturated carbocycles. The Morgan fingerprint density at radius 1 is 1.18 bits per heavy atom. The normalized spacial score (nSPS) is 10.4. The molecular formula is C15H15O2. The highest BCUT2D eigenvalue weighted by Crippen LogP contribution is 2.25. The van der Waals surface area contributed by atoms with Crippen molar-refractivity contribution >= 4 is 17.1 Å². The summed E-state index contributed by atoms with van der Waals surface area (Å²) in [6, 6.07) is 11.6. The van der Waals surface area contributed by atoms with Gasteiger partial charge in [-0.1, -0.05) is 37.6 Å². The summed E-state index contributed by atoms with van der Waals surface area (Å²) in [5.74, 6) is 0.632. The van der Waals surface area contributed by atoms with Gasteiger partial charge in [0, 0.05) is 0 Å². The predicted octanol–water partition coefficient (Wildman–Crippen LogP) is 3.48. The van der Waals surface area contributed by atoms with Gasteiger partial charge in [-0.15, -0.1) is 0 Å². The lowest BCUT2D eigenvalue weighted by atomic mass is 10.1. The number of hydrogen-bond donors (Lipinski definition) is 0. The van der Waals surface area contributed by atoms with E-state index in [0.29, 0.717) is 17.9 Å². The summed E-state index contributed by atoms with van der Waals surface area (Å²) in [5.41, 5.74) is 0.500. The second-order valence-electron chi connectivity index (χ2n) is 4.00. The fourth-order valence-corrected chi connectivity index (χ4v) is 1.75. The molecule has 0 spiro atoms. The van der Waals surface area contributed by atoms with Crippen molar-refractivity contribution in [2.75, 3.05) is 6.61 Å². The van der Waals surface area contributed by atoms with Crippen LogP contribution in [0.25, 0.3) is 10.8 Å². The number of rotatable bonds is 5. The summed E-state index contributed by atoms with van der Waals surface area (Å²) in [6.45, 7) is 2.75. The molecule has 0 aliphatic carbocycles. The van der Waals surface area contributed by atoms with E-state index in [9.17, 15) is 4.79 Å². The van der Waals surface area contributed by atoms with Crippen molar-refractivity contribution in [3.63, 3.8) is 0 Å². The fourth-order valence-electron chi connectivity index (χ4n) is 1.75. The van der Waals surface area contributed by atoms with Crippen LogP contribution < -0.4 is 4.74 Å². The minimum Gasteiger partial charge on any atom is -0.493 e. The molecular weight excluding hydrogens is 212 g/mol. The quantitative estimate of drug-likeness (QED) is 0.731. The number of ether oxygens (including phenoxy) is 1. The molecule has 0 atom stereocenters. The SMILES string of the molecule is CCCCOc1cc2ccccc2cc1[C]=O. The second-order valence-corrected chi connectivity index (χ2v) is 4.00. The Balaban J connectivity index is 2.35. The van der Waals surface area contributed by atoms with Crippen LogP contribution in [0.15, 0.2) is 36.4 Å². The minimum absolute atomic E-state index is 0.500. The van der Waals surface area contributed by atoms with Crippen LogP contribution in [0.2, 0.25) is 0 Å². The third-order valence-electron chi connectivity index (χ3n) is 2.71. The summed E-state index contributed by atoms with van der Waals surface area (Å²) >= 11 is 0. The van der Waals surface area contributed by atoms with Gasteiger partial charge in [0.2, 0.25) is 6.29 Å². The first-order chi connectivity index (χ1) is 8.35. The van der Waals surface area contributed by atoms with Gasteiger partial charge >= 0.3 is 0 Å². The van der Waals surface area contributed by atoms with Crippen LogP contribution in [0.3, 0.4) is 0 Å². The van der Waals surface area contributed by atoms with Crippen LogP contribution in [-0.2, 0) is 4.79 Å². The highest BCUT2D eigenvalue weighted by molar-refractivity contribution is 5.92. The van der Waals surface area contributed by atoms with Crippen molar-refractivity contribution in [1.82, 2.24) is 0 Å². The number of unbranched alkanes of at least 4 members (excludes halogenated alkanes) is 1. The summed E-state index contributed by atoms with van der Waals surface area (Å²) in [7, 11) is 0. The first-order valence-corrected chi connectivity index (χ1v) is 5.89. The van der Waals surface area contributed by atoms with E-state index < -0.39 is 0 Å². The first kappa shape index (κ1) is 11.6. The average Bonchev–Trinajstić information content (AvgIpc) is 2.38. The predicted molar refractivity (Wildman–Crippen MR) is 69.1 cm³/mol. The summed E-state index contributed by atoms with van der Waals surface area (Å²) < 4.78 is 5.61. The van der Waals surface area contributed by atoms with Crippen LogP contribution in [-0.4, -0.2) is 12.9 Å². The van der Waals surface area contributed by atoms with Gasteiger partial charge in [0.1, 0.15) is 5.75 Å². The van der Waals surface area contributed by atoms with E-state index in [0.717, 1.165) is 23.6 Å². The molecule has 2 rings (SSSR count). The molecule has 2 aromatic carbocycles. The van der Waals surface area contributed by atoms with Gasteiger partial charge in [0.05, 0.1) is 12.2 Å². The maximum atomic E-state index is 10.9. The van der Waals surface area contributed by atoms with E-state index in [1.165, 1.54) is 0 Å². The molecule has 1 radical (unpaired) electrons. The first-order valence-electron chi connectivity index (χ1n) is 5.89. The Morgan fingerprint density at radius 2 is 1.88 bits per heavy atom. The Morgan fingerprint density at radius 3 is 2.53 bits per heavy atom. The molecule has 2 aromatic rings. The van der Waals surface area contributed by atoms with Gasteiger partial charge in [-0.05, 0) is 29.3 Å². The molecule has 0 heterocycles. The molecule has 0 saturated heterocycles. The third-order valence-corrected chi connectivity index (χ3v) is 2.71. The molecule has 0 unspecified atom stereocenters. The maximum Gasteiger partial charge on any atom is 0.237 e. The minimum atomic E-state index is 0.500. The van der Waals surface area contributed by atoms with E-state index in [-0.39, 0.29) is 0 Å². The molecule has 0 aliphatic rings.